The van der Waals surface area contributed by atoms with E-state index in [4.69, 9.17) is 0 Å². The molecule has 6 nitrogen and oxygen atoms in total. The molecule has 7 heteroatoms. The minimum absolute atomic E-state index is 0.0385. The molecule has 1 saturated heterocycles. The number of nitrogens with zero attached hydrogens (tertiary/aromatic N) is 2. The normalized spacial score (nSPS) is 15.6. The number of carbonyl (C=O) groups is 1. The third-order valence-corrected chi connectivity index (χ3v) is 6.05. The molecule has 0 radical (unpaired) electrons. The number of aromatic nitrogens is 1. The number of amides is 1. The van der Waals surface area contributed by atoms with Crippen LogP contribution in [0.1, 0.15) is 29.2 Å². The van der Waals surface area contributed by atoms with Crippen molar-refractivity contribution in [2.45, 2.75) is 18.8 Å². The largest absolute Gasteiger partial charge is 0.361 e. The summed E-state index contributed by atoms with van der Waals surface area (Å²) in [5.41, 5.74) is 2.48. The Morgan fingerprint density at radius 1 is 1.22 bits per heavy atom. The topological polar surface area (TPSA) is 79.2 Å². The van der Waals surface area contributed by atoms with Gasteiger partial charge in [0.1, 0.15) is 0 Å². The number of benzene rings is 1. The summed E-state index contributed by atoms with van der Waals surface area (Å²) >= 11 is 1.07. The maximum Gasteiger partial charge on any atom is 0.324 e. The first kappa shape index (κ1) is 17.5. The maximum absolute atomic E-state index is 12.4. The number of H-pyrrole nitrogens is 1. The number of likely N-dealkylation sites (tertiary alicyclic amines) is 1. The van der Waals surface area contributed by atoms with E-state index in [-0.39, 0.29) is 10.9 Å². The van der Waals surface area contributed by atoms with E-state index in [0.717, 1.165) is 42.8 Å². The molecule has 3 aromatic rings. The molecule has 0 unspecified atom stereocenters. The van der Waals surface area contributed by atoms with E-state index in [1.54, 1.807) is 12.1 Å². The number of para-hydroxylation sites is 1. The second-order valence-corrected chi connectivity index (χ2v) is 7.75. The minimum Gasteiger partial charge on any atom is -0.361 e. The predicted molar refractivity (Wildman–Crippen MR) is 107 cm³/mol. The number of hydrogen-bond donors (Lipinski definition) is 1. The predicted octanol–water partition coefficient (Wildman–Crippen LogP) is 4.56. The highest BCUT2D eigenvalue weighted by atomic mass is 32.1. The molecule has 0 atom stereocenters. The SMILES string of the molecule is O=C(/C=C/c1ccc([N+](=O)[O-])s1)N1CCC(c2c[nH]c3ccccc23)CC1. The average molecular weight is 381 g/mol. The fourth-order valence-electron chi connectivity index (χ4n) is 3.63. The van der Waals surface area contributed by atoms with E-state index in [9.17, 15) is 14.9 Å². The van der Waals surface area contributed by atoms with Crippen LogP contribution in [0.25, 0.3) is 17.0 Å². The number of piperidine rings is 1. The second-order valence-electron chi connectivity index (χ2n) is 6.66. The Labute approximate surface area is 160 Å². The zero-order chi connectivity index (χ0) is 18.8. The van der Waals surface area contributed by atoms with Crippen molar-refractivity contribution in [3.8, 4) is 0 Å². The number of aromatic amines is 1. The molecule has 1 fully saturated rings. The van der Waals surface area contributed by atoms with Crippen molar-refractivity contribution in [3.63, 3.8) is 0 Å². The standard InChI is InChI=1S/C20H19N3O3S/c24-19(7-5-15-6-8-20(27-15)23(25)26)22-11-9-14(10-12-22)17-13-21-18-4-2-1-3-16(17)18/h1-8,13-14,21H,9-12H2/b7-5+. The van der Waals surface area contributed by atoms with Crippen LogP contribution in [-0.2, 0) is 4.79 Å². The van der Waals surface area contributed by atoms with Crippen molar-refractivity contribution in [1.82, 2.24) is 9.88 Å². The van der Waals surface area contributed by atoms with Crippen molar-refractivity contribution < 1.29 is 9.72 Å². The Morgan fingerprint density at radius 3 is 2.74 bits per heavy atom. The molecule has 1 amide bonds. The average Bonchev–Trinajstić information content (AvgIpc) is 3.33. The Hall–Kier alpha value is -2.93. The van der Waals surface area contributed by atoms with Crippen molar-refractivity contribution in [3.05, 3.63) is 69.2 Å². The van der Waals surface area contributed by atoms with E-state index in [1.165, 1.54) is 23.1 Å². The number of hydrogen-bond acceptors (Lipinski definition) is 4. The first-order chi connectivity index (χ1) is 13.1. The molecule has 1 aromatic carbocycles. The lowest BCUT2D eigenvalue weighted by Crippen LogP contribution is -2.36. The zero-order valence-electron chi connectivity index (χ0n) is 14.6. The molecular formula is C20H19N3O3S. The Balaban J connectivity index is 1.37. The highest BCUT2D eigenvalue weighted by Crippen LogP contribution is 2.33. The van der Waals surface area contributed by atoms with Crippen LogP contribution >= 0.6 is 11.3 Å². The van der Waals surface area contributed by atoms with Gasteiger partial charge >= 0.3 is 5.00 Å². The number of nitro groups is 1. The van der Waals surface area contributed by atoms with Gasteiger partial charge in [0.05, 0.1) is 4.92 Å². The molecule has 4 rings (SSSR count). The molecule has 138 valence electrons. The van der Waals surface area contributed by atoms with E-state index in [2.05, 4.69) is 29.4 Å². The summed E-state index contributed by atoms with van der Waals surface area (Å²) in [4.78, 5) is 28.6. The fourth-order valence-corrected chi connectivity index (χ4v) is 4.36. The lowest BCUT2D eigenvalue weighted by molar-refractivity contribution is -0.380. The highest BCUT2D eigenvalue weighted by molar-refractivity contribution is 7.16. The van der Waals surface area contributed by atoms with Crippen LogP contribution in [0.2, 0.25) is 0 Å². The number of thiophene rings is 1. The summed E-state index contributed by atoms with van der Waals surface area (Å²) in [5, 5.41) is 12.1. The van der Waals surface area contributed by atoms with Crippen molar-refractivity contribution in [2.75, 3.05) is 13.1 Å². The third kappa shape index (κ3) is 3.64. The van der Waals surface area contributed by atoms with Crippen LogP contribution in [0.15, 0.2) is 48.7 Å². The van der Waals surface area contributed by atoms with Gasteiger partial charge in [0.25, 0.3) is 0 Å². The van der Waals surface area contributed by atoms with E-state index < -0.39 is 4.92 Å². The summed E-state index contributed by atoms with van der Waals surface area (Å²) in [6, 6.07) is 11.4. The molecule has 3 heterocycles. The smallest absolute Gasteiger partial charge is 0.324 e. The molecule has 1 aliphatic rings. The van der Waals surface area contributed by atoms with Gasteiger partial charge in [-0.2, -0.15) is 0 Å². The maximum atomic E-state index is 12.4. The van der Waals surface area contributed by atoms with Gasteiger partial charge in [-0.15, -0.1) is 0 Å². The molecule has 27 heavy (non-hydrogen) atoms. The van der Waals surface area contributed by atoms with Gasteiger partial charge in [0.15, 0.2) is 0 Å². The summed E-state index contributed by atoms with van der Waals surface area (Å²) in [6.45, 7) is 1.44. The lowest BCUT2D eigenvalue weighted by atomic mass is 9.89. The number of fused-ring (bicyclic) bond motifs is 1. The molecule has 2 aromatic heterocycles. The summed E-state index contributed by atoms with van der Waals surface area (Å²) in [6.07, 6.45) is 7.14. The molecule has 0 spiro atoms. The Morgan fingerprint density at radius 2 is 2.00 bits per heavy atom. The van der Waals surface area contributed by atoms with Crippen LogP contribution < -0.4 is 0 Å². The molecule has 0 aliphatic carbocycles. The quantitative estimate of drug-likeness (QED) is 0.409. The van der Waals surface area contributed by atoms with Gasteiger partial charge in [-0.3, -0.25) is 14.9 Å². The monoisotopic (exact) mass is 381 g/mol. The first-order valence-corrected chi connectivity index (χ1v) is 9.70. The minimum atomic E-state index is -0.417. The summed E-state index contributed by atoms with van der Waals surface area (Å²) in [5.74, 6) is 0.414. The fraction of sp³-hybridized carbons (Fsp3) is 0.250. The van der Waals surface area contributed by atoms with Crippen LogP contribution in [0.5, 0.6) is 0 Å². The van der Waals surface area contributed by atoms with Crippen molar-refractivity contribution in [1.29, 1.82) is 0 Å². The van der Waals surface area contributed by atoms with E-state index >= 15 is 0 Å². The van der Waals surface area contributed by atoms with Crippen LogP contribution in [0.4, 0.5) is 5.00 Å². The van der Waals surface area contributed by atoms with Crippen LogP contribution in [0, 0.1) is 10.1 Å². The van der Waals surface area contributed by atoms with Gasteiger partial charge < -0.3 is 9.88 Å². The summed E-state index contributed by atoms with van der Waals surface area (Å²) < 4.78 is 0. The van der Waals surface area contributed by atoms with Crippen LogP contribution in [-0.4, -0.2) is 33.8 Å². The Bertz CT molecular complexity index is 1010. The summed E-state index contributed by atoms with van der Waals surface area (Å²) in [7, 11) is 0. The van der Waals surface area contributed by atoms with Gasteiger partial charge in [0.2, 0.25) is 5.91 Å². The van der Waals surface area contributed by atoms with E-state index in [1.807, 2.05) is 11.0 Å². The van der Waals surface area contributed by atoms with E-state index in [0.29, 0.717) is 10.8 Å². The highest BCUT2D eigenvalue weighted by Gasteiger charge is 2.24. The zero-order valence-corrected chi connectivity index (χ0v) is 15.4. The molecular weight excluding hydrogens is 362 g/mol. The molecule has 0 bridgehead atoms. The van der Waals surface area contributed by atoms with Gasteiger partial charge in [-0.1, -0.05) is 29.5 Å². The molecule has 1 aliphatic heterocycles. The number of nitrogens with one attached hydrogen (secondary N) is 1. The Kier molecular flexibility index (Phi) is 4.77. The molecule has 0 saturated carbocycles. The van der Waals surface area contributed by atoms with Gasteiger partial charge in [0, 0.05) is 47.2 Å². The first-order valence-electron chi connectivity index (χ1n) is 8.89. The second kappa shape index (κ2) is 7.36. The molecule has 1 N–H and O–H groups in total. The lowest BCUT2D eigenvalue weighted by Gasteiger charge is -2.31. The van der Waals surface area contributed by atoms with Crippen molar-refractivity contribution >= 4 is 39.2 Å². The van der Waals surface area contributed by atoms with Crippen molar-refractivity contribution in [2.24, 2.45) is 0 Å². The van der Waals surface area contributed by atoms with Gasteiger partial charge in [-0.25, -0.2) is 0 Å². The van der Waals surface area contributed by atoms with Crippen LogP contribution in [0.3, 0.4) is 0 Å². The number of rotatable bonds is 4. The van der Waals surface area contributed by atoms with Gasteiger partial charge in [-0.05, 0) is 42.5 Å². The number of carbonyl (C=O) groups excluding carboxylic acids is 1. The third-order valence-electron chi connectivity index (χ3n) is 5.05.